The molecule has 0 aliphatic heterocycles. The minimum atomic E-state index is -0.827. The standard InChI is InChI=1S/C24H19ClFN3O5/c1-13-10-16(23(31)34-3)20-21(27-13)29(14-6-4-7-15(11-14)33-2)24(32)28(22(20)30)12-17-18(25)8-5-9-19(17)26/h4-11H,12H2,1-3H3. The summed E-state index contributed by atoms with van der Waals surface area (Å²) in [6.07, 6.45) is 0. The Morgan fingerprint density at radius 2 is 1.85 bits per heavy atom. The van der Waals surface area contributed by atoms with Gasteiger partial charge in [-0.25, -0.2) is 23.5 Å². The third-order valence-electron chi connectivity index (χ3n) is 5.32. The lowest BCUT2D eigenvalue weighted by Crippen LogP contribution is -2.41. The molecule has 0 atom stereocenters. The van der Waals surface area contributed by atoms with Gasteiger partial charge in [0.25, 0.3) is 5.56 Å². The number of halogens is 2. The summed E-state index contributed by atoms with van der Waals surface area (Å²) in [5.41, 5.74) is -1.06. The number of carbonyl (C=O) groups excluding carboxylic acids is 1. The molecule has 2 heterocycles. The smallest absolute Gasteiger partial charge is 0.338 e. The summed E-state index contributed by atoms with van der Waals surface area (Å²) in [4.78, 5) is 44.2. The molecule has 0 aliphatic rings. The third-order valence-corrected chi connectivity index (χ3v) is 5.67. The maximum atomic E-state index is 14.5. The second-order valence-electron chi connectivity index (χ2n) is 7.41. The molecule has 0 N–H and O–H groups in total. The van der Waals surface area contributed by atoms with E-state index < -0.39 is 29.6 Å². The van der Waals surface area contributed by atoms with Crippen molar-refractivity contribution in [2.75, 3.05) is 14.2 Å². The summed E-state index contributed by atoms with van der Waals surface area (Å²) in [6.45, 7) is 1.16. The normalized spacial score (nSPS) is 11.0. The van der Waals surface area contributed by atoms with Crippen LogP contribution in [-0.2, 0) is 11.3 Å². The van der Waals surface area contributed by atoms with Crippen LogP contribution < -0.4 is 16.0 Å². The number of nitrogens with zero attached hydrogens (tertiary/aromatic N) is 3. The van der Waals surface area contributed by atoms with Gasteiger partial charge in [0.05, 0.1) is 37.4 Å². The molecule has 34 heavy (non-hydrogen) atoms. The average molecular weight is 484 g/mol. The zero-order valence-corrected chi connectivity index (χ0v) is 19.2. The Balaban J connectivity index is 2.17. The van der Waals surface area contributed by atoms with Gasteiger partial charge in [0.1, 0.15) is 11.6 Å². The van der Waals surface area contributed by atoms with E-state index >= 15 is 0 Å². The van der Waals surface area contributed by atoms with Crippen LogP contribution in [0, 0.1) is 12.7 Å². The number of fused-ring (bicyclic) bond motifs is 1. The van der Waals surface area contributed by atoms with E-state index in [1.807, 2.05) is 0 Å². The summed E-state index contributed by atoms with van der Waals surface area (Å²) in [6, 6.07) is 12.0. The van der Waals surface area contributed by atoms with Crippen molar-refractivity contribution in [3.05, 3.63) is 97.0 Å². The molecule has 0 saturated heterocycles. The van der Waals surface area contributed by atoms with Gasteiger partial charge in [-0.2, -0.15) is 0 Å². The van der Waals surface area contributed by atoms with Crippen LogP contribution in [-0.4, -0.2) is 34.3 Å². The predicted octanol–water partition coefficient (Wildman–Crippen LogP) is 3.49. The summed E-state index contributed by atoms with van der Waals surface area (Å²) in [5, 5.41) is -0.0955. The van der Waals surface area contributed by atoms with Gasteiger partial charge in [0.15, 0.2) is 5.65 Å². The fraction of sp³-hybridized carbons (Fsp3) is 0.167. The highest BCUT2D eigenvalue weighted by Crippen LogP contribution is 2.23. The maximum absolute atomic E-state index is 14.5. The number of methoxy groups -OCH3 is 2. The highest BCUT2D eigenvalue weighted by molar-refractivity contribution is 6.31. The molecule has 2 aromatic carbocycles. The van der Waals surface area contributed by atoms with E-state index in [0.717, 1.165) is 4.57 Å². The first-order valence-electron chi connectivity index (χ1n) is 10.1. The number of hydrogen-bond donors (Lipinski definition) is 0. The number of aromatic nitrogens is 3. The number of benzene rings is 2. The van der Waals surface area contributed by atoms with Gasteiger partial charge in [-0.3, -0.25) is 9.36 Å². The van der Waals surface area contributed by atoms with Crippen molar-refractivity contribution in [2.45, 2.75) is 13.5 Å². The van der Waals surface area contributed by atoms with Crippen LogP contribution in [0.2, 0.25) is 5.02 Å². The van der Waals surface area contributed by atoms with Gasteiger partial charge in [0, 0.05) is 22.3 Å². The lowest BCUT2D eigenvalue weighted by Gasteiger charge is -2.16. The van der Waals surface area contributed by atoms with Gasteiger partial charge in [0.2, 0.25) is 0 Å². The average Bonchev–Trinajstić information content (AvgIpc) is 2.82. The number of pyridine rings is 1. The van der Waals surface area contributed by atoms with E-state index in [2.05, 4.69) is 4.98 Å². The quantitative estimate of drug-likeness (QED) is 0.403. The molecule has 0 fully saturated rings. The SMILES string of the molecule is COC(=O)c1cc(C)nc2c1c(=O)n(Cc1c(F)cccc1Cl)c(=O)n2-c1cccc(OC)c1. The van der Waals surface area contributed by atoms with E-state index in [1.165, 1.54) is 43.1 Å². The number of esters is 1. The first-order chi connectivity index (χ1) is 16.3. The van der Waals surface area contributed by atoms with Crippen molar-refractivity contribution in [3.63, 3.8) is 0 Å². The first kappa shape index (κ1) is 23.2. The van der Waals surface area contributed by atoms with Gasteiger partial charge >= 0.3 is 11.7 Å². The molecular formula is C24H19ClFN3O5. The minimum Gasteiger partial charge on any atom is -0.497 e. The zero-order valence-electron chi connectivity index (χ0n) is 18.5. The number of aryl methyl sites for hydroxylation is 1. The van der Waals surface area contributed by atoms with Gasteiger partial charge < -0.3 is 9.47 Å². The van der Waals surface area contributed by atoms with Crippen LogP contribution in [0.25, 0.3) is 16.7 Å². The molecule has 8 nitrogen and oxygen atoms in total. The van der Waals surface area contributed by atoms with Crippen molar-refractivity contribution in [1.82, 2.24) is 14.1 Å². The van der Waals surface area contributed by atoms with E-state index in [9.17, 15) is 18.8 Å². The fourth-order valence-corrected chi connectivity index (χ4v) is 3.92. The molecule has 2 aromatic heterocycles. The minimum absolute atomic E-state index is 0.0420. The molecule has 10 heteroatoms. The first-order valence-corrected chi connectivity index (χ1v) is 10.5. The topological polar surface area (TPSA) is 92.4 Å². The van der Waals surface area contributed by atoms with Crippen LogP contribution in [0.5, 0.6) is 5.75 Å². The molecule has 0 amide bonds. The summed E-state index contributed by atoms with van der Waals surface area (Å²) in [7, 11) is 2.65. The highest BCUT2D eigenvalue weighted by atomic mass is 35.5. The van der Waals surface area contributed by atoms with Crippen molar-refractivity contribution >= 4 is 28.6 Å². The van der Waals surface area contributed by atoms with Gasteiger partial charge in [-0.15, -0.1) is 0 Å². The monoisotopic (exact) mass is 483 g/mol. The molecular weight excluding hydrogens is 465 g/mol. The Labute approximate surface area is 197 Å². The zero-order chi connectivity index (χ0) is 24.6. The van der Waals surface area contributed by atoms with E-state index in [1.54, 1.807) is 31.2 Å². The van der Waals surface area contributed by atoms with E-state index in [-0.39, 0.29) is 27.2 Å². The van der Waals surface area contributed by atoms with Crippen LogP contribution in [0.15, 0.2) is 58.1 Å². The largest absolute Gasteiger partial charge is 0.497 e. The summed E-state index contributed by atoms with van der Waals surface area (Å²) in [5.74, 6) is -1.01. The van der Waals surface area contributed by atoms with E-state index in [4.69, 9.17) is 21.1 Å². The highest BCUT2D eigenvalue weighted by Gasteiger charge is 2.24. The number of rotatable bonds is 5. The van der Waals surface area contributed by atoms with Crippen molar-refractivity contribution in [3.8, 4) is 11.4 Å². The van der Waals surface area contributed by atoms with Gasteiger partial charge in [-0.1, -0.05) is 23.7 Å². The van der Waals surface area contributed by atoms with Crippen molar-refractivity contribution in [2.24, 2.45) is 0 Å². The van der Waals surface area contributed by atoms with Crippen LogP contribution in [0.3, 0.4) is 0 Å². The second kappa shape index (κ2) is 9.11. The molecule has 174 valence electrons. The van der Waals surface area contributed by atoms with Crippen LogP contribution in [0.1, 0.15) is 21.6 Å². The third kappa shape index (κ3) is 3.94. The Hall–Kier alpha value is -3.98. The maximum Gasteiger partial charge on any atom is 0.338 e. The summed E-state index contributed by atoms with van der Waals surface area (Å²) < 4.78 is 26.7. The van der Waals surface area contributed by atoms with Crippen LogP contribution in [0.4, 0.5) is 4.39 Å². The van der Waals surface area contributed by atoms with E-state index in [0.29, 0.717) is 17.1 Å². The molecule has 0 aliphatic carbocycles. The van der Waals surface area contributed by atoms with Crippen molar-refractivity contribution < 1.29 is 18.7 Å². The molecule has 0 spiro atoms. The fourth-order valence-electron chi connectivity index (χ4n) is 3.70. The van der Waals surface area contributed by atoms with Crippen molar-refractivity contribution in [1.29, 1.82) is 0 Å². The Bertz CT molecular complexity index is 1540. The predicted molar refractivity (Wildman–Crippen MR) is 125 cm³/mol. The lowest BCUT2D eigenvalue weighted by atomic mass is 10.1. The van der Waals surface area contributed by atoms with Crippen LogP contribution >= 0.6 is 11.6 Å². The molecule has 4 aromatic rings. The molecule has 0 bridgehead atoms. The molecule has 0 radical (unpaired) electrons. The molecule has 0 saturated carbocycles. The molecule has 0 unspecified atom stereocenters. The Morgan fingerprint density at radius 3 is 2.53 bits per heavy atom. The number of ether oxygens (including phenoxy) is 2. The second-order valence-corrected chi connectivity index (χ2v) is 7.82. The number of hydrogen-bond acceptors (Lipinski definition) is 6. The lowest BCUT2D eigenvalue weighted by molar-refractivity contribution is 0.0602. The Morgan fingerprint density at radius 1 is 1.12 bits per heavy atom. The summed E-state index contributed by atoms with van der Waals surface area (Å²) >= 11 is 6.16. The van der Waals surface area contributed by atoms with Gasteiger partial charge in [-0.05, 0) is 37.3 Å². The number of carbonyl (C=O) groups is 1. The Kier molecular flexibility index (Phi) is 6.21. The molecule has 4 rings (SSSR count).